The molecule has 3 rings (SSSR count). The molecular formula is C17H25NO. The van der Waals surface area contributed by atoms with Crippen molar-refractivity contribution in [3.05, 3.63) is 29.3 Å². The van der Waals surface area contributed by atoms with E-state index in [1.54, 1.807) is 0 Å². The van der Waals surface area contributed by atoms with Gasteiger partial charge in [0, 0.05) is 19.5 Å². The SMILES string of the molecule is Cc1ccc2c(c1)CC(CNCC1(C)CCCC1)O2. The molecule has 1 saturated carbocycles. The molecule has 1 unspecified atom stereocenters. The van der Waals surface area contributed by atoms with Gasteiger partial charge in [0.05, 0.1) is 0 Å². The summed E-state index contributed by atoms with van der Waals surface area (Å²) in [5.41, 5.74) is 3.23. The zero-order valence-electron chi connectivity index (χ0n) is 12.2. The minimum absolute atomic E-state index is 0.321. The molecule has 0 radical (unpaired) electrons. The van der Waals surface area contributed by atoms with E-state index in [1.165, 1.54) is 36.8 Å². The largest absolute Gasteiger partial charge is 0.488 e. The number of nitrogens with one attached hydrogen (secondary N) is 1. The fourth-order valence-electron chi connectivity index (χ4n) is 3.50. The maximum absolute atomic E-state index is 6.00. The number of fused-ring (bicyclic) bond motifs is 1. The third-order valence-corrected chi connectivity index (χ3v) is 4.69. The topological polar surface area (TPSA) is 21.3 Å². The Balaban J connectivity index is 1.48. The number of aryl methyl sites for hydroxylation is 1. The Labute approximate surface area is 116 Å². The minimum atomic E-state index is 0.321. The van der Waals surface area contributed by atoms with Crippen LogP contribution in [0.1, 0.15) is 43.7 Å². The van der Waals surface area contributed by atoms with E-state index < -0.39 is 0 Å². The maximum atomic E-state index is 6.00. The average Bonchev–Trinajstić information content (AvgIpc) is 2.95. The van der Waals surface area contributed by atoms with Crippen LogP contribution in [0.5, 0.6) is 5.75 Å². The van der Waals surface area contributed by atoms with Crippen LogP contribution in [0.15, 0.2) is 18.2 Å². The Morgan fingerprint density at radius 2 is 2.11 bits per heavy atom. The summed E-state index contributed by atoms with van der Waals surface area (Å²) in [6, 6.07) is 6.50. The van der Waals surface area contributed by atoms with Gasteiger partial charge in [-0.2, -0.15) is 0 Å². The van der Waals surface area contributed by atoms with Crippen LogP contribution in [0, 0.1) is 12.3 Å². The first-order chi connectivity index (χ1) is 9.15. The molecule has 104 valence electrons. The van der Waals surface area contributed by atoms with Crippen LogP contribution < -0.4 is 10.1 Å². The van der Waals surface area contributed by atoms with E-state index in [1.807, 2.05) is 0 Å². The minimum Gasteiger partial charge on any atom is -0.488 e. The molecule has 0 saturated heterocycles. The van der Waals surface area contributed by atoms with Gasteiger partial charge < -0.3 is 10.1 Å². The van der Waals surface area contributed by atoms with Gasteiger partial charge in [0.25, 0.3) is 0 Å². The molecule has 1 aliphatic carbocycles. The summed E-state index contributed by atoms with van der Waals surface area (Å²) < 4.78 is 6.00. The first kappa shape index (κ1) is 13.0. The standard InChI is InChI=1S/C17H25NO/c1-13-5-6-16-14(9-13)10-15(19-16)11-18-12-17(2)7-3-4-8-17/h5-6,9,15,18H,3-4,7-8,10-12H2,1-2H3. The highest BCUT2D eigenvalue weighted by atomic mass is 16.5. The Morgan fingerprint density at radius 3 is 2.89 bits per heavy atom. The van der Waals surface area contributed by atoms with Crippen molar-refractivity contribution in [3.8, 4) is 5.75 Å². The first-order valence-corrected chi connectivity index (χ1v) is 7.62. The van der Waals surface area contributed by atoms with Gasteiger partial charge in [-0.25, -0.2) is 0 Å². The van der Waals surface area contributed by atoms with Gasteiger partial charge >= 0.3 is 0 Å². The molecule has 0 spiro atoms. The van der Waals surface area contributed by atoms with Gasteiger partial charge in [0.1, 0.15) is 11.9 Å². The summed E-state index contributed by atoms with van der Waals surface area (Å²) in [6.45, 7) is 6.68. The molecule has 1 atom stereocenters. The zero-order valence-corrected chi connectivity index (χ0v) is 12.2. The maximum Gasteiger partial charge on any atom is 0.123 e. The lowest BCUT2D eigenvalue weighted by Gasteiger charge is -2.24. The van der Waals surface area contributed by atoms with E-state index in [0.717, 1.165) is 25.3 Å². The lowest BCUT2D eigenvalue weighted by Crippen LogP contribution is -2.36. The molecule has 2 nitrogen and oxygen atoms in total. The fraction of sp³-hybridized carbons (Fsp3) is 0.647. The van der Waals surface area contributed by atoms with Crippen LogP contribution in [0.2, 0.25) is 0 Å². The van der Waals surface area contributed by atoms with Crippen molar-refractivity contribution in [2.45, 2.75) is 52.1 Å². The van der Waals surface area contributed by atoms with Gasteiger partial charge in [-0.3, -0.25) is 0 Å². The summed E-state index contributed by atoms with van der Waals surface area (Å²) in [7, 11) is 0. The fourth-order valence-corrected chi connectivity index (χ4v) is 3.50. The second-order valence-electron chi connectivity index (χ2n) is 6.70. The van der Waals surface area contributed by atoms with Gasteiger partial charge in [0.2, 0.25) is 0 Å². The monoisotopic (exact) mass is 259 g/mol. The van der Waals surface area contributed by atoms with Crippen LogP contribution in [0.3, 0.4) is 0 Å². The van der Waals surface area contributed by atoms with E-state index in [0.29, 0.717) is 11.5 Å². The summed E-state index contributed by atoms with van der Waals surface area (Å²) >= 11 is 0. The zero-order chi connectivity index (χ0) is 13.3. The van der Waals surface area contributed by atoms with Crippen LogP contribution in [-0.4, -0.2) is 19.2 Å². The van der Waals surface area contributed by atoms with Crippen molar-refractivity contribution < 1.29 is 4.74 Å². The lowest BCUT2D eigenvalue weighted by atomic mass is 9.89. The van der Waals surface area contributed by atoms with Crippen molar-refractivity contribution in [1.29, 1.82) is 0 Å². The first-order valence-electron chi connectivity index (χ1n) is 7.62. The third kappa shape index (κ3) is 2.94. The van der Waals surface area contributed by atoms with Gasteiger partial charge in [-0.15, -0.1) is 0 Å². The lowest BCUT2D eigenvalue weighted by molar-refractivity contribution is 0.214. The molecule has 1 N–H and O–H groups in total. The molecule has 0 amide bonds. The van der Waals surface area contributed by atoms with Crippen molar-refractivity contribution >= 4 is 0 Å². The van der Waals surface area contributed by atoms with E-state index in [2.05, 4.69) is 37.4 Å². The second-order valence-corrected chi connectivity index (χ2v) is 6.70. The van der Waals surface area contributed by atoms with E-state index in [4.69, 9.17) is 4.74 Å². The highest BCUT2D eigenvalue weighted by molar-refractivity contribution is 5.40. The van der Waals surface area contributed by atoms with Crippen molar-refractivity contribution in [2.24, 2.45) is 5.41 Å². The third-order valence-electron chi connectivity index (χ3n) is 4.69. The highest BCUT2D eigenvalue weighted by Crippen LogP contribution is 2.36. The summed E-state index contributed by atoms with van der Waals surface area (Å²) in [4.78, 5) is 0. The summed E-state index contributed by atoms with van der Waals surface area (Å²) in [5, 5.41) is 3.63. The van der Waals surface area contributed by atoms with Crippen molar-refractivity contribution in [2.75, 3.05) is 13.1 Å². The Hall–Kier alpha value is -1.02. The van der Waals surface area contributed by atoms with E-state index >= 15 is 0 Å². The summed E-state index contributed by atoms with van der Waals surface area (Å²) in [5.74, 6) is 1.09. The molecule has 1 aromatic rings. The molecule has 2 aliphatic rings. The van der Waals surface area contributed by atoms with Gasteiger partial charge in [-0.05, 0) is 36.8 Å². The smallest absolute Gasteiger partial charge is 0.123 e. The van der Waals surface area contributed by atoms with E-state index in [9.17, 15) is 0 Å². The quantitative estimate of drug-likeness (QED) is 0.894. The van der Waals surface area contributed by atoms with Crippen LogP contribution in [0.25, 0.3) is 0 Å². The molecule has 1 fully saturated rings. The number of rotatable bonds is 4. The molecule has 0 bridgehead atoms. The Morgan fingerprint density at radius 1 is 1.32 bits per heavy atom. The number of hydrogen-bond donors (Lipinski definition) is 1. The number of ether oxygens (including phenoxy) is 1. The van der Waals surface area contributed by atoms with Crippen LogP contribution in [0.4, 0.5) is 0 Å². The van der Waals surface area contributed by atoms with E-state index in [-0.39, 0.29) is 0 Å². The van der Waals surface area contributed by atoms with Crippen molar-refractivity contribution in [1.82, 2.24) is 5.32 Å². The Bertz CT molecular complexity index is 449. The predicted octanol–water partition coefficient (Wildman–Crippen LogP) is 3.47. The predicted molar refractivity (Wildman–Crippen MR) is 78.7 cm³/mol. The van der Waals surface area contributed by atoms with Crippen molar-refractivity contribution in [3.63, 3.8) is 0 Å². The van der Waals surface area contributed by atoms with Gasteiger partial charge in [-0.1, -0.05) is 37.5 Å². The molecule has 19 heavy (non-hydrogen) atoms. The molecule has 2 heteroatoms. The number of benzene rings is 1. The Kier molecular flexibility index (Phi) is 3.53. The molecular weight excluding hydrogens is 234 g/mol. The van der Waals surface area contributed by atoms with Crippen LogP contribution >= 0.6 is 0 Å². The molecule has 0 aromatic heterocycles. The average molecular weight is 259 g/mol. The second kappa shape index (κ2) is 5.16. The van der Waals surface area contributed by atoms with Gasteiger partial charge in [0.15, 0.2) is 0 Å². The van der Waals surface area contributed by atoms with Crippen LogP contribution in [-0.2, 0) is 6.42 Å². The highest BCUT2D eigenvalue weighted by Gasteiger charge is 2.29. The normalized spacial score (nSPS) is 24.2. The molecule has 1 heterocycles. The molecule has 1 aliphatic heterocycles. The number of hydrogen-bond acceptors (Lipinski definition) is 2. The molecule has 1 aromatic carbocycles. The summed E-state index contributed by atoms with van der Waals surface area (Å²) in [6.07, 6.45) is 6.95.